The molecule has 1 aromatic rings. The van der Waals surface area contributed by atoms with Crippen molar-refractivity contribution in [3.8, 4) is 0 Å². The molecule has 0 saturated carbocycles. The highest BCUT2D eigenvalue weighted by atomic mass is 35.5. The fourth-order valence-electron chi connectivity index (χ4n) is 1.64. The van der Waals surface area contributed by atoms with Gasteiger partial charge < -0.3 is 5.11 Å². The van der Waals surface area contributed by atoms with Gasteiger partial charge in [-0.3, -0.25) is 0 Å². The molecule has 0 aliphatic carbocycles. The smallest absolute Gasteiger partial charge is 0.0685 e. The van der Waals surface area contributed by atoms with E-state index in [9.17, 15) is 5.11 Å². The lowest BCUT2D eigenvalue weighted by molar-refractivity contribution is 0.00518. The van der Waals surface area contributed by atoms with E-state index in [1.54, 1.807) is 0 Å². The molecule has 0 amide bonds. The highest BCUT2D eigenvalue weighted by Gasteiger charge is 2.27. The van der Waals surface area contributed by atoms with Crippen molar-refractivity contribution in [1.29, 1.82) is 0 Å². The molecule has 1 rings (SSSR count). The molecule has 0 aliphatic rings. The molecule has 1 N–H and O–H groups in total. The highest BCUT2D eigenvalue weighted by Crippen LogP contribution is 2.27. The Kier molecular flexibility index (Phi) is 4.18. The predicted molar refractivity (Wildman–Crippen MR) is 65.2 cm³/mol. The largest absolute Gasteiger partial charge is 0.390 e. The number of hydrogen-bond donors (Lipinski definition) is 1. The molecule has 1 nitrogen and oxygen atoms in total. The molecular formula is C13H19ClO. The molecule has 0 radical (unpaired) electrons. The standard InChI is InChI=1S/C13H19ClO/c1-4-10(2)13(3,15)9-11-7-5-6-8-12(11)14/h5-8,10,15H,4,9H2,1-3H3. The quantitative estimate of drug-likeness (QED) is 0.831. The lowest BCUT2D eigenvalue weighted by atomic mass is 9.83. The van der Waals surface area contributed by atoms with Crippen LogP contribution in [0.1, 0.15) is 32.8 Å². The first-order valence-corrected chi connectivity index (χ1v) is 5.81. The summed E-state index contributed by atoms with van der Waals surface area (Å²) in [4.78, 5) is 0. The Morgan fingerprint density at radius 1 is 1.40 bits per heavy atom. The van der Waals surface area contributed by atoms with E-state index in [1.807, 2.05) is 31.2 Å². The van der Waals surface area contributed by atoms with Gasteiger partial charge >= 0.3 is 0 Å². The number of aliphatic hydroxyl groups is 1. The molecule has 2 heteroatoms. The second-order valence-corrected chi connectivity index (χ2v) is 4.84. The van der Waals surface area contributed by atoms with E-state index < -0.39 is 5.60 Å². The van der Waals surface area contributed by atoms with Crippen molar-refractivity contribution in [3.63, 3.8) is 0 Å². The number of halogens is 1. The summed E-state index contributed by atoms with van der Waals surface area (Å²) in [5.41, 5.74) is 0.337. The van der Waals surface area contributed by atoms with E-state index in [-0.39, 0.29) is 5.92 Å². The summed E-state index contributed by atoms with van der Waals surface area (Å²) < 4.78 is 0. The van der Waals surface area contributed by atoms with Crippen molar-refractivity contribution in [2.45, 2.75) is 39.2 Å². The lowest BCUT2D eigenvalue weighted by Gasteiger charge is -2.30. The van der Waals surface area contributed by atoms with Crippen LogP contribution in [0.15, 0.2) is 24.3 Å². The van der Waals surface area contributed by atoms with Gasteiger partial charge in [-0.05, 0) is 24.5 Å². The predicted octanol–water partition coefficient (Wildman–Crippen LogP) is 3.68. The van der Waals surface area contributed by atoms with Crippen molar-refractivity contribution in [2.24, 2.45) is 5.92 Å². The minimum Gasteiger partial charge on any atom is -0.390 e. The summed E-state index contributed by atoms with van der Waals surface area (Å²) in [6.07, 6.45) is 1.58. The van der Waals surface area contributed by atoms with Gasteiger partial charge in [0.1, 0.15) is 0 Å². The SMILES string of the molecule is CCC(C)C(C)(O)Cc1ccccc1Cl. The Hall–Kier alpha value is -0.530. The van der Waals surface area contributed by atoms with Crippen LogP contribution in [0.4, 0.5) is 0 Å². The maximum Gasteiger partial charge on any atom is 0.0685 e. The summed E-state index contributed by atoms with van der Waals surface area (Å²) in [5, 5.41) is 11.0. The van der Waals surface area contributed by atoms with Gasteiger partial charge in [0.15, 0.2) is 0 Å². The van der Waals surface area contributed by atoms with E-state index >= 15 is 0 Å². The van der Waals surface area contributed by atoms with Gasteiger partial charge in [-0.15, -0.1) is 0 Å². The fraction of sp³-hybridized carbons (Fsp3) is 0.538. The van der Waals surface area contributed by atoms with Gasteiger partial charge in [0.25, 0.3) is 0 Å². The summed E-state index contributed by atoms with van der Waals surface area (Å²) >= 11 is 6.07. The number of rotatable bonds is 4. The molecule has 2 atom stereocenters. The van der Waals surface area contributed by atoms with E-state index in [4.69, 9.17) is 11.6 Å². The molecule has 15 heavy (non-hydrogen) atoms. The van der Waals surface area contributed by atoms with Crippen molar-refractivity contribution in [1.82, 2.24) is 0 Å². The molecule has 0 saturated heterocycles. The molecule has 0 heterocycles. The first kappa shape index (κ1) is 12.5. The normalized spacial score (nSPS) is 17.1. The second-order valence-electron chi connectivity index (χ2n) is 4.43. The van der Waals surface area contributed by atoms with Crippen molar-refractivity contribution < 1.29 is 5.11 Å². The van der Waals surface area contributed by atoms with Crippen molar-refractivity contribution in [3.05, 3.63) is 34.9 Å². The summed E-state index contributed by atoms with van der Waals surface area (Å²) in [6.45, 7) is 6.03. The van der Waals surface area contributed by atoms with Crippen LogP contribution < -0.4 is 0 Å². The Morgan fingerprint density at radius 3 is 2.53 bits per heavy atom. The van der Waals surface area contributed by atoms with E-state index in [2.05, 4.69) is 13.8 Å². The second kappa shape index (κ2) is 5.00. The molecule has 0 spiro atoms. The Balaban J connectivity index is 2.81. The number of hydrogen-bond acceptors (Lipinski definition) is 1. The van der Waals surface area contributed by atoms with Gasteiger partial charge in [0.05, 0.1) is 5.60 Å². The van der Waals surface area contributed by atoms with Gasteiger partial charge in [-0.2, -0.15) is 0 Å². The zero-order valence-electron chi connectivity index (χ0n) is 9.63. The summed E-state index contributed by atoms with van der Waals surface area (Å²) in [5.74, 6) is 0.272. The van der Waals surface area contributed by atoms with Crippen LogP contribution in [0.2, 0.25) is 5.02 Å². The fourth-order valence-corrected chi connectivity index (χ4v) is 1.84. The minimum atomic E-state index is -0.681. The molecular weight excluding hydrogens is 208 g/mol. The van der Waals surface area contributed by atoms with Crippen LogP contribution in [0.5, 0.6) is 0 Å². The maximum atomic E-state index is 10.3. The first-order chi connectivity index (χ1) is 6.97. The zero-order valence-corrected chi connectivity index (χ0v) is 10.4. The maximum absolute atomic E-state index is 10.3. The Labute approximate surface area is 97.1 Å². The average molecular weight is 227 g/mol. The summed E-state index contributed by atoms with van der Waals surface area (Å²) in [6, 6.07) is 7.69. The van der Waals surface area contributed by atoms with E-state index in [0.717, 1.165) is 17.0 Å². The zero-order chi connectivity index (χ0) is 11.5. The van der Waals surface area contributed by atoms with Crippen LogP contribution in [-0.2, 0) is 6.42 Å². The Morgan fingerprint density at radius 2 is 2.00 bits per heavy atom. The molecule has 1 aromatic carbocycles. The third kappa shape index (κ3) is 3.22. The molecule has 0 aliphatic heterocycles. The summed E-state index contributed by atoms with van der Waals surface area (Å²) in [7, 11) is 0. The van der Waals surface area contributed by atoms with Crippen LogP contribution >= 0.6 is 11.6 Å². The van der Waals surface area contributed by atoms with E-state index in [0.29, 0.717) is 6.42 Å². The number of benzene rings is 1. The monoisotopic (exact) mass is 226 g/mol. The molecule has 0 aromatic heterocycles. The topological polar surface area (TPSA) is 20.2 Å². The molecule has 0 bridgehead atoms. The van der Waals surface area contributed by atoms with Crippen LogP contribution in [0, 0.1) is 5.92 Å². The van der Waals surface area contributed by atoms with E-state index in [1.165, 1.54) is 0 Å². The molecule has 2 unspecified atom stereocenters. The average Bonchev–Trinajstić information content (AvgIpc) is 2.20. The minimum absolute atomic E-state index is 0.272. The first-order valence-electron chi connectivity index (χ1n) is 5.43. The van der Waals surface area contributed by atoms with Crippen LogP contribution in [0.3, 0.4) is 0 Å². The Bertz CT molecular complexity index is 320. The van der Waals surface area contributed by atoms with Gasteiger partial charge in [-0.1, -0.05) is 50.1 Å². The van der Waals surface area contributed by atoms with Crippen LogP contribution in [0.25, 0.3) is 0 Å². The van der Waals surface area contributed by atoms with Crippen molar-refractivity contribution >= 4 is 11.6 Å². The molecule has 0 fully saturated rings. The third-order valence-electron chi connectivity index (χ3n) is 3.18. The third-order valence-corrected chi connectivity index (χ3v) is 3.55. The molecule has 84 valence electrons. The lowest BCUT2D eigenvalue weighted by Crippen LogP contribution is -2.35. The van der Waals surface area contributed by atoms with Gasteiger partial charge in [-0.25, -0.2) is 0 Å². The van der Waals surface area contributed by atoms with Gasteiger partial charge in [0.2, 0.25) is 0 Å². The van der Waals surface area contributed by atoms with Crippen LogP contribution in [-0.4, -0.2) is 10.7 Å². The van der Waals surface area contributed by atoms with Crippen molar-refractivity contribution in [2.75, 3.05) is 0 Å². The van der Waals surface area contributed by atoms with Gasteiger partial charge in [0, 0.05) is 11.4 Å². The highest BCUT2D eigenvalue weighted by molar-refractivity contribution is 6.31.